The molecule has 180 valence electrons. The number of morpholine rings is 1. The number of sulfonamides is 2. The fourth-order valence-corrected chi connectivity index (χ4v) is 5.47. The molecule has 1 aliphatic heterocycles. The molecule has 1 heterocycles. The largest absolute Gasteiger partial charge is 0.495 e. The summed E-state index contributed by atoms with van der Waals surface area (Å²) in [6.07, 6.45) is 1.01. The quantitative estimate of drug-likeness (QED) is 0.583. The van der Waals surface area contributed by atoms with Gasteiger partial charge in [0.25, 0.3) is 0 Å². The van der Waals surface area contributed by atoms with Gasteiger partial charge in [-0.3, -0.25) is 4.79 Å². The third-order valence-electron chi connectivity index (χ3n) is 5.29. The molecular formula is C21H27N3O7S2. The minimum atomic E-state index is -3.82. The Morgan fingerprint density at radius 2 is 1.73 bits per heavy atom. The van der Waals surface area contributed by atoms with Crippen molar-refractivity contribution in [3.63, 3.8) is 0 Å². The smallest absolute Gasteiger partial charge is 0.247 e. The monoisotopic (exact) mass is 497 g/mol. The topological polar surface area (TPSA) is 122 Å². The van der Waals surface area contributed by atoms with Crippen LogP contribution in [0.4, 0.5) is 5.69 Å². The van der Waals surface area contributed by atoms with Gasteiger partial charge in [0, 0.05) is 20.1 Å². The van der Waals surface area contributed by atoms with Gasteiger partial charge < -0.3 is 14.8 Å². The van der Waals surface area contributed by atoms with Crippen molar-refractivity contribution in [3.8, 4) is 5.75 Å². The van der Waals surface area contributed by atoms with Gasteiger partial charge in [-0.15, -0.1) is 0 Å². The number of nitrogens with zero attached hydrogens (tertiary/aromatic N) is 2. The summed E-state index contributed by atoms with van der Waals surface area (Å²) in [5.74, 6) is -0.425. The minimum Gasteiger partial charge on any atom is -0.495 e. The Bertz CT molecular complexity index is 1200. The summed E-state index contributed by atoms with van der Waals surface area (Å²) in [6.45, 7) is 1.06. The summed E-state index contributed by atoms with van der Waals surface area (Å²) in [5.41, 5.74) is 0.568. The Morgan fingerprint density at radius 1 is 1.09 bits per heavy atom. The number of carbonyl (C=O) groups excluding carboxylic acids is 1. The molecular weight excluding hydrogens is 470 g/mol. The summed E-state index contributed by atoms with van der Waals surface area (Å²) in [7, 11) is -4.84. The fraction of sp³-hybridized carbons (Fsp3) is 0.381. The number of nitrogens with one attached hydrogen (secondary N) is 1. The highest BCUT2D eigenvalue weighted by molar-refractivity contribution is 7.89. The van der Waals surface area contributed by atoms with Gasteiger partial charge in [-0.05, 0) is 23.8 Å². The first-order valence-electron chi connectivity index (χ1n) is 10.1. The molecule has 1 amide bonds. The average Bonchev–Trinajstić information content (AvgIpc) is 2.79. The molecule has 1 saturated heterocycles. The normalized spacial score (nSPS) is 16.4. The average molecular weight is 498 g/mol. The molecule has 0 radical (unpaired) electrons. The van der Waals surface area contributed by atoms with E-state index in [0.29, 0.717) is 18.8 Å². The Kier molecular flexibility index (Phi) is 7.75. The zero-order chi connectivity index (χ0) is 24.2. The number of rotatable bonds is 8. The second-order valence-corrected chi connectivity index (χ2v) is 11.4. The maximum atomic E-state index is 13.3. The van der Waals surface area contributed by atoms with Crippen LogP contribution in [0.2, 0.25) is 0 Å². The van der Waals surface area contributed by atoms with E-state index in [2.05, 4.69) is 5.32 Å². The Morgan fingerprint density at radius 3 is 2.30 bits per heavy atom. The molecule has 2 aromatic carbocycles. The second-order valence-electron chi connectivity index (χ2n) is 7.46. The summed E-state index contributed by atoms with van der Waals surface area (Å²) in [5, 5.41) is 2.65. The molecule has 1 atom stereocenters. The van der Waals surface area contributed by atoms with Crippen molar-refractivity contribution in [2.45, 2.75) is 10.9 Å². The zero-order valence-corrected chi connectivity index (χ0v) is 20.2. The maximum Gasteiger partial charge on any atom is 0.247 e. The van der Waals surface area contributed by atoms with Gasteiger partial charge in [-0.2, -0.15) is 8.61 Å². The number of carbonyl (C=O) groups is 1. The van der Waals surface area contributed by atoms with Crippen LogP contribution < -0.4 is 10.1 Å². The molecule has 2 aromatic rings. The van der Waals surface area contributed by atoms with Gasteiger partial charge in [0.15, 0.2) is 0 Å². The van der Waals surface area contributed by atoms with Crippen LogP contribution in [-0.4, -0.2) is 78.1 Å². The predicted octanol–water partition coefficient (Wildman–Crippen LogP) is 1.29. The van der Waals surface area contributed by atoms with Gasteiger partial charge in [-0.1, -0.05) is 30.3 Å². The van der Waals surface area contributed by atoms with Gasteiger partial charge in [0.1, 0.15) is 11.8 Å². The molecule has 0 aromatic heterocycles. The van der Waals surface area contributed by atoms with Crippen molar-refractivity contribution in [2.24, 2.45) is 0 Å². The van der Waals surface area contributed by atoms with Crippen molar-refractivity contribution in [2.75, 3.05) is 52.0 Å². The Balaban J connectivity index is 1.97. The Labute approximate surface area is 194 Å². The fourth-order valence-electron chi connectivity index (χ4n) is 3.44. The third-order valence-corrected chi connectivity index (χ3v) is 8.44. The van der Waals surface area contributed by atoms with Gasteiger partial charge >= 0.3 is 0 Å². The summed E-state index contributed by atoms with van der Waals surface area (Å²) in [4.78, 5) is 13.3. The minimum absolute atomic E-state index is 0.0202. The number of anilines is 1. The van der Waals surface area contributed by atoms with Gasteiger partial charge in [0.2, 0.25) is 26.0 Å². The number of ether oxygens (including phenoxy) is 2. The van der Waals surface area contributed by atoms with Crippen LogP contribution in [0.3, 0.4) is 0 Å². The van der Waals surface area contributed by atoms with Gasteiger partial charge in [-0.25, -0.2) is 16.8 Å². The van der Waals surface area contributed by atoms with E-state index in [1.165, 1.54) is 36.7 Å². The zero-order valence-electron chi connectivity index (χ0n) is 18.6. The Hall–Kier alpha value is -2.51. The lowest BCUT2D eigenvalue weighted by atomic mass is 10.1. The highest BCUT2D eigenvalue weighted by atomic mass is 32.2. The van der Waals surface area contributed by atoms with Crippen LogP contribution in [0.1, 0.15) is 11.6 Å². The van der Waals surface area contributed by atoms with Crippen LogP contribution in [0.25, 0.3) is 0 Å². The standard InChI is InChI=1S/C21H27N3O7S2/c1-23(32(3,26)27)20(16-7-5-4-6-8-16)21(25)22-18-15-17(9-10-19(18)30-2)33(28,29)24-11-13-31-14-12-24/h4-10,15,20H,11-14H2,1-3H3,(H,22,25). The van der Waals surface area contributed by atoms with E-state index in [4.69, 9.17) is 9.47 Å². The van der Waals surface area contributed by atoms with Crippen LogP contribution in [-0.2, 0) is 29.6 Å². The van der Waals surface area contributed by atoms with Gasteiger partial charge in [0.05, 0.1) is 37.2 Å². The molecule has 0 bridgehead atoms. The van der Waals surface area contributed by atoms with Crippen LogP contribution in [0.5, 0.6) is 5.75 Å². The molecule has 1 aliphatic rings. The third kappa shape index (κ3) is 5.71. The first-order chi connectivity index (χ1) is 15.6. The van der Waals surface area contributed by atoms with Crippen LogP contribution in [0.15, 0.2) is 53.4 Å². The summed E-state index contributed by atoms with van der Waals surface area (Å²) in [6, 6.07) is 11.4. The van der Waals surface area contributed by atoms with E-state index in [-0.39, 0.29) is 29.4 Å². The predicted molar refractivity (Wildman–Crippen MR) is 123 cm³/mol. The molecule has 0 spiro atoms. The summed E-state index contributed by atoms with van der Waals surface area (Å²) >= 11 is 0. The lowest BCUT2D eigenvalue weighted by molar-refractivity contribution is -0.119. The lowest BCUT2D eigenvalue weighted by Gasteiger charge is -2.27. The van der Waals surface area contributed by atoms with E-state index in [0.717, 1.165) is 10.6 Å². The highest BCUT2D eigenvalue weighted by Crippen LogP contribution is 2.31. The van der Waals surface area contributed by atoms with Crippen molar-refractivity contribution >= 4 is 31.6 Å². The molecule has 0 aliphatic carbocycles. The summed E-state index contributed by atoms with van der Waals surface area (Å²) < 4.78 is 63.3. The molecule has 1 N–H and O–H groups in total. The van der Waals surface area contributed by atoms with Crippen LogP contribution >= 0.6 is 0 Å². The number of hydrogen-bond acceptors (Lipinski definition) is 7. The number of methoxy groups -OCH3 is 1. The number of likely N-dealkylation sites (N-methyl/N-ethyl adjacent to an activating group) is 1. The molecule has 10 nitrogen and oxygen atoms in total. The molecule has 3 rings (SSSR count). The van der Waals surface area contributed by atoms with E-state index in [1.807, 2.05) is 0 Å². The van der Waals surface area contributed by atoms with E-state index >= 15 is 0 Å². The number of hydrogen-bond donors (Lipinski definition) is 1. The second kappa shape index (κ2) is 10.2. The molecule has 12 heteroatoms. The molecule has 1 unspecified atom stereocenters. The van der Waals surface area contributed by atoms with Crippen LogP contribution in [0, 0.1) is 0 Å². The SMILES string of the molecule is COc1ccc(S(=O)(=O)N2CCOCC2)cc1NC(=O)C(c1ccccc1)N(C)S(C)(=O)=O. The van der Waals surface area contributed by atoms with E-state index < -0.39 is 32.0 Å². The molecule has 1 fully saturated rings. The molecule has 33 heavy (non-hydrogen) atoms. The first kappa shape index (κ1) is 25.1. The van der Waals surface area contributed by atoms with Crippen molar-refractivity contribution in [1.82, 2.24) is 8.61 Å². The molecule has 0 saturated carbocycles. The number of amides is 1. The number of benzene rings is 2. The van der Waals surface area contributed by atoms with Crippen molar-refractivity contribution < 1.29 is 31.1 Å². The van der Waals surface area contributed by atoms with Crippen molar-refractivity contribution in [3.05, 3.63) is 54.1 Å². The van der Waals surface area contributed by atoms with E-state index in [1.54, 1.807) is 30.3 Å². The first-order valence-corrected chi connectivity index (χ1v) is 13.4. The van der Waals surface area contributed by atoms with E-state index in [9.17, 15) is 21.6 Å². The highest BCUT2D eigenvalue weighted by Gasteiger charge is 2.32. The lowest BCUT2D eigenvalue weighted by Crippen LogP contribution is -2.40. The maximum absolute atomic E-state index is 13.3. The van der Waals surface area contributed by atoms with Crippen molar-refractivity contribution in [1.29, 1.82) is 0 Å².